The largest absolute Gasteiger partial charge is 0.309 e. The molecule has 1 N–H and O–H groups in total. The molecule has 0 fully saturated rings. The Morgan fingerprint density at radius 1 is 1.30 bits per heavy atom. The van der Waals surface area contributed by atoms with Gasteiger partial charge < -0.3 is 5.32 Å². The van der Waals surface area contributed by atoms with Crippen LogP contribution in [0.4, 0.5) is 5.82 Å². The van der Waals surface area contributed by atoms with E-state index in [1.165, 1.54) is 10.9 Å². The Kier molecular flexibility index (Phi) is 6.14. The van der Waals surface area contributed by atoms with E-state index in [0.29, 0.717) is 23.0 Å². The number of alkyl halides is 1. The van der Waals surface area contributed by atoms with Crippen molar-refractivity contribution in [2.75, 3.05) is 11.2 Å². The van der Waals surface area contributed by atoms with Crippen molar-refractivity contribution in [3.05, 3.63) is 39.0 Å². The van der Waals surface area contributed by atoms with Crippen LogP contribution in [0.1, 0.15) is 18.4 Å². The van der Waals surface area contributed by atoms with E-state index in [1.807, 2.05) is 6.07 Å². The predicted octanol–water partition coefficient (Wildman–Crippen LogP) is 4.66. The van der Waals surface area contributed by atoms with Crippen LogP contribution >= 0.6 is 46.4 Å². The minimum absolute atomic E-state index is 0.166. The third-order valence-electron chi connectivity index (χ3n) is 2.93. The van der Waals surface area contributed by atoms with Gasteiger partial charge in [0.05, 0.1) is 27.0 Å². The van der Waals surface area contributed by atoms with Gasteiger partial charge in [-0.25, -0.2) is 4.68 Å². The third kappa shape index (κ3) is 3.91. The maximum Gasteiger partial charge on any atom is 0.225 e. The lowest BCUT2D eigenvalue weighted by Gasteiger charge is -2.12. The molecule has 0 saturated heterocycles. The van der Waals surface area contributed by atoms with Crippen molar-refractivity contribution in [3.63, 3.8) is 0 Å². The lowest BCUT2D eigenvalue weighted by atomic mass is 10.3. The molecule has 1 heterocycles. The fourth-order valence-corrected chi connectivity index (χ4v) is 2.58. The summed E-state index contributed by atoms with van der Waals surface area (Å²) in [6.07, 6.45) is 2.08. The fraction of sp³-hybridized carbons (Fsp3) is 0.214. The Labute approximate surface area is 152 Å². The molecule has 5 nitrogen and oxygen atoms in total. The summed E-state index contributed by atoms with van der Waals surface area (Å²) in [5, 5.41) is 16.5. The molecular weight excluding hydrogens is 382 g/mol. The van der Waals surface area contributed by atoms with E-state index >= 15 is 0 Å². The highest BCUT2D eigenvalue weighted by atomic mass is 35.5. The van der Waals surface area contributed by atoms with E-state index < -0.39 is 0 Å². The molecule has 0 unspecified atom stereocenters. The van der Waals surface area contributed by atoms with Crippen molar-refractivity contribution in [1.29, 1.82) is 5.26 Å². The number of rotatable bonds is 5. The average molecular weight is 392 g/mol. The van der Waals surface area contributed by atoms with Gasteiger partial charge in [-0.3, -0.25) is 4.79 Å². The summed E-state index contributed by atoms with van der Waals surface area (Å²) in [7, 11) is 0. The van der Waals surface area contributed by atoms with E-state index in [1.54, 1.807) is 12.1 Å². The summed E-state index contributed by atoms with van der Waals surface area (Å²) in [6.45, 7) is 0. The van der Waals surface area contributed by atoms with Gasteiger partial charge in [0.15, 0.2) is 5.82 Å². The maximum absolute atomic E-state index is 11.9. The molecule has 0 saturated carbocycles. The Balaban J connectivity index is 2.45. The molecule has 120 valence electrons. The summed E-state index contributed by atoms with van der Waals surface area (Å²) in [6, 6.07) is 5.12. The zero-order valence-electron chi connectivity index (χ0n) is 11.6. The number of nitrogens with one attached hydrogen (secondary N) is 1. The highest BCUT2D eigenvalue weighted by Crippen LogP contribution is 2.36. The van der Waals surface area contributed by atoms with Crippen molar-refractivity contribution in [2.45, 2.75) is 12.8 Å². The summed E-state index contributed by atoms with van der Waals surface area (Å²) in [5.41, 5.74) is 0.599. The summed E-state index contributed by atoms with van der Waals surface area (Å²) < 4.78 is 1.34. The number of halogens is 4. The van der Waals surface area contributed by atoms with Crippen LogP contribution in [-0.2, 0) is 4.79 Å². The van der Waals surface area contributed by atoms with Crippen LogP contribution in [0.15, 0.2) is 18.3 Å². The van der Waals surface area contributed by atoms with Gasteiger partial charge in [0.1, 0.15) is 11.6 Å². The lowest BCUT2D eigenvalue weighted by molar-refractivity contribution is -0.116. The van der Waals surface area contributed by atoms with Crippen molar-refractivity contribution in [3.8, 4) is 11.8 Å². The van der Waals surface area contributed by atoms with E-state index in [-0.39, 0.29) is 33.8 Å². The van der Waals surface area contributed by atoms with Gasteiger partial charge >= 0.3 is 0 Å². The molecule has 1 aromatic heterocycles. The van der Waals surface area contributed by atoms with Crippen LogP contribution in [0.3, 0.4) is 0 Å². The van der Waals surface area contributed by atoms with Gasteiger partial charge in [0.2, 0.25) is 5.91 Å². The first-order chi connectivity index (χ1) is 11.0. The van der Waals surface area contributed by atoms with E-state index in [2.05, 4.69) is 10.4 Å². The minimum atomic E-state index is -0.278. The highest BCUT2D eigenvalue weighted by molar-refractivity contribution is 6.48. The summed E-state index contributed by atoms with van der Waals surface area (Å²) >= 11 is 23.7. The number of carbonyl (C=O) groups excluding carboxylic acids is 1. The first kappa shape index (κ1) is 17.9. The van der Waals surface area contributed by atoms with Crippen molar-refractivity contribution < 1.29 is 4.79 Å². The Hall–Kier alpha value is -1.45. The van der Waals surface area contributed by atoms with Crippen LogP contribution in [-0.4, -0.2) is 21.6 Å². The molecule has 0 aliphatic rings. The lowest BCUT2D eigenvalue weighted by Crippen LogP contribution is -2.16. The molecular formula is C14H10Cl4N4O. The van der Waals surface area contributed by atoms with E-state index in [0.717, 1.165) is 0 Å². The number of hydrogen-bond acceptors (Lipinski definition) is 3. The second-order valence-electron chi connectivity index (χ2n) is 4.47. The summed E-state index contributed by atoms with van der Waals surface area (Å²) in [5.74, 6) is 0.309. The number of benzene rings is 1. The van der Waals surface area contributed by atoms with Gasteiger partial charge in [-0.15, -0.1) is 11.6 Å². The molecule has 0 bridgehead atoms. The number of aromatic nitrogens is 2. The molecule has 0 spiro atoms. The van der Waals surface area contributed by atoms with Crippen LogP contribution in [0.5, 0.6) is 0 Å². The summed E-state index contributed by atoms with van der Waals surface area (Å²) in [4.78, 5) is 11.9. The number of carbonyl (C=O) groups is 1. The zero-order valence-corrected chi connectivity index (χ0v) is 14.6. The molecule has 0 aliphatic carbocycles. The fourth-order valence-electron chi connectivity index (χ4n) is 1.83. The normalized spacial score (nSPS) is 10.4. The Morgan fingerprint density at radius 2 is 2.04 bits per heavy atom. The third-order valence-corrected chi connectivity index (χ3v) is 4.48. The quantitative estimate of drug-likeness (QED) is 0.595. The maximum atomic E-state index is 11.9. The molecule has 9 heteroatoms. The van der Waals surface area contributed by atoms with E-state index in [9.17, 15) is 10.1 Å². The molecule has 0 aliphatic heterocycles. The molecule has 1 amide bonds. The van der Waals surface area contributed by atoms with Gasteiger partial charge in [-0.1, -0.05) is 34.8 Å². The molecule has 2 rings (SSSR count). The van der Waals surface area contributed by atoms with Gasteiger partial charge in [-0.05, 0) is 18.6 Å². The predicted molar refractivity (Wildman–Crippen MR) is 91.9 cm³/mol. The second-order valence-corrected chi connectivity index (χ2v) is 6.01. The van der Waals surface area contributed by atoms with Crippen molar-refractivity contribution in [1.82, 2.24) is 9.78 Å². The first-order valence-electron chi connectivity index (χ1n) is 6.47. The molecule has 23 heavy (non-hydrogen) atoms. The van der Waals surface area contributed by atoms with Crippen LogP contribution < -0.4 is 5.32 Å². The smallest absolute Gasteiger partial charge is 0.225 e. The van der Waals surface area contributed by atoms with Gasteiger partial charge in [0, 0.05) is 12.3 Å². The van der Waals surface area contributed by atoms with Crippen molar-refractivity contribution in [2.24, 2.45) is 0 Å². The van der Waals surface area contributed by atoms with Crippen LogP contribution in [0, 0.1) is 11.3 Å². The second kappa shape index (κ2) is 7.89. The Bertz CT molecular complexity index is 782. The average Bonchev–Trinajstić information content (AvgIpc) is 2.93. The SMILES string of the molecule is N#Cc1cnn(-c2ccc(Cl)c(Cl)c2Cl)c1NC(=O)CCCCl. The molecule has 0 atom stereocenters. The van der Waals surface area contributed by atoms with Crippen LogP contribution in [0.2, 0.25) is 15.1 Å². The van der Waals surface area contributed by atoms with E-state index in [4.69, 9.17) is 46.4 Å². The number of amides is 1. The minimum Gasteiger partial charge on any atom is -0.309 e. The first-order valence-corrected chi connectivity index (χ1v) is 8.14. The molecule has 2 aromatic rings. The van der Waals surface area contributed by atoms with Crippen LogP contribution in [0.25, 0.3) is 5.69 Å². The van der Waals surface area contributed by atoms with Gasteiger partial charge in [-0.2, -0.15) is 10.4 Å². The standard InChI is InChI=1S/C14H10Cl4N4O/c15-5-1-2-11(23)21-14-8(6-19)7-20-22(14)10-4-3-9(16)12(17)13(10)18/h3-4,7H,1-2,5H2,(H,21,23). The molecule has 0 radical (unpaired) electrons. The monoisotopic (exact) mass is 390 g/mol. The topological polar surface area (TPSA) is 70.7 Å². The van der Waals surface area contributed by atoms with Gasteiger partial charge in [0.25, 0.3) is 0 Å². The molecule has 1 aromatic carbocycles. The van der Waals surface area contributed by atoms with Crippen molar-refractivity contribution >= 4 is 58.1 Å². The highest BCUT2D eigenvalue weighted by Gasteiger charge is 2.18. The Morgan fingerprint density at radius 3 is 2.70 bits per heavy atom. The number of hydrogen-bond donors (Lipinski definition) is 1. The number of anilines is 1. The number of nitrogens with zero attached hydrogens (tertiary/aromatic N) is 3. The number of nitriles is 1. The zero-order chi connectivity index (χ0) is 17.0.